The maximum Gasteiger partial charge on any atom is 0.138 e. The summed E-state index contributed by atoms with van der Waals surface area (Å²) in [4.78, 5) is 6.89. The fourth-order valence-corrected chi connectivity index (χ4v) is 2.80. The minimum Gasteiger partial charge on any atom is -0.353 e. The van der Waals surface area contributed by atoms with Crippen molar-refractivity contribution in [3.8, 4) is 0 Å². The van der Waals surface area contributed by atoms with Crippen molar-refractivity contribution in [2.75, 3.05) is 24.5 Å². The zero-order chi connectivity index (χ0) is 12.4. The van der Waals surface area contributed by atoms with Gasteiger partial charge < -0.3 is 10.2 Å². The molecule has 2 aromatic rings. The Bertz CT molecular complexity index is 513. The van der Waals surface area contributed by atoms with Gasteiger partial charge in [-0.05, 0) is 31.5 Å². The molecule has 0 bridgehead atoms. The van der Waals surface area contributed by atoms with Gasteiger partial charge in [0.2, 0.25) is 0 Å². The number of hydrogen-bond donors (Lipinski definition) is 1. The smallest absolute Gasteiger partial charge is 0.138 e. The fraction of sp³-hybridized carbons (Fsp3) is 0.500. The Labute approximate surface area is 108 Å². The predicted octanol–water partition coefficient (Wildman–Crippen LogP) is 1.91. The highest BCUT2D eigenvalue weighted by Gasteiger charge is 2.23. The van der Waals surface area contributed by atoms with E-state index < -0.39 is 0 Å². The first-order valence-corrected chi connectivity index (χ1v) is 6.79. The van der Waals surface area contributed by atoms with Crippen molar-refractivity contribution in [1.29, 1.82) is 0 Å². The standard InChI is InChI=1S/C14H20N4/c1-2-9-17(12-6-7-15-11-12)14-5-3-4-13-16-8-10-18(13)14/h3-5,8,10,12,15H,2,6-7,9,11H2,1H3. The number of aromatic nitrogens is 2. The molecule has 96 valence electrons. The van der Waals surface area contributed by atoms with Crippen LogP contribution in [0.15, 0.2) is 30.6 Å². The molecule has 1 aliphatic rings. The molecule has 0 amide bonds. The van der Waals surface area contributed by atoms with Crippen LogP contribution in [0.3, 0.4) is 0 Å². The van der Waals surface area contributed by atoms with E-state index in [4.69, 9.17) is 0 Å². The fourth-order valence-electron chi connectivity index (χ4n) is 2.80. The first-order valence-electron chi connectivity index (χ1n) is 6.79. The van der Waals surface area contributed by atoms with Crippen LogP contribution < -0.4 is 10.2 Å². The molecule has 1 atom stereocenters. The summed E-state index contributed by atoms with van der Waals surface area (Å²) in [7, 11) is 0. The van der Waals surface area contributed by atoms with Gasteiger partial charge in [0.1, 0.15) is 11.5 Å². The molecular formula is C14H20N4. The molecule has 1 fully saturated rings. The Morgan fingerprint density at radius 1 is 1.50 bits per heavy atom. The molecule has 1 aliphatic heterocycles. The van der Waals surface area contributed by atoms with E-state index in [1.807, 2.05) is 6.20 Å². The second-order valence-corrected chi connectivity index (χ2v) is 4.88. The number of anilines is 1. The van der Waals surface area contributed by atoms with Gasteiger partial charge in [0.05, 0.1) is 0 Å². The highest BCUT2D eigenvalue weighted by molar-refractivity contribution is 5.52. The number of hydrogen-bond acceptors (Lipinski definition) is 3. The van der Waals surface area contributed by atoms with Crippen molar-refractivity contribution >= 4 is 11.5 Å². The summed E-state index contributed by atoms with van der Waals surface area (Å²) in [5.41, 5.74) is 1.03. The Morgan fingerprint density at radius 2 is 2.44 bits per heavy atom. The predicted molar refractivity (Wildman–Crippen MR) is 74.1 cm³/mol. The summed E-state index contributed by atoms with van der Waals surface area (Å²) in [6, 6.07) is 6.96. The molecule has 3 rings (SSSR count). The number of nitrogens with one attached hydrogen (secondary N) is 1. The molecule has 18 heavy (non-hydrogen) atoms. The molecule has 1 N–H and O–H groups in total. The molecule has 0 aliphatic carbocycles. The van der Waals surface area contributed by atoms with Crippen LogP contribution in [0.1, 0.15) is 19.8 Å². The van der Waals surface area contributed by atoms with Gasteiger partial charge in [-0.25, -0.2) is 4.98 Å². The summed E-state index contributed by atoms with van der Waals surface area (Å²) < 4.78 is 2.19. The third kappa shape index (κ3) is 1.97. The Kier molecular flexibility index (Phi) is 3.19. The number of imidazole rings is 1. The maximum absolute atomic E-state index is 4.37. The number of nitrogens with zero attached hydrogens (tertiary/aromatic N) is 3. The second kappa shape index (κ2) is 4.98. The normalized spacial score (nSPS) is 19.5. The molecule has 4 heteroatoms. The maximum atomic E-state index is 4.37. The summed E-state index contributed by atoms with van der Waals surface area (Å²) in [6.45, 7) is 5.56. The molecule has 0 aromatic carbocycles. The minimum absolute atomic E-state index is 0.609. The van der Waals surface area contributed by atoms with Crippen molar-refractivity contribution in [3.63, 3.8) is 0 Å². The number of rotatable bonds is 4. The lowest BCUT2D eigenvalue weighted by Crippen LogP contribution is -2.38. The van der Waals surface area contributed by atoms with Gasteiger partial charge in [0.25, 0.3) is 0 Å². The van der Waals surface area contributed by atoms with E-state index >= 15 is 0 Å². The molecular weight excluding hydrogens is 224 g/mol. The summed E-state index contributed by atoms with van der Waals surface area (Å²) in [6.07, 6.45) is 6.32. The molecule has 0 spiro atoms. The molecule has 1 unspecified atom stereocenters. The van der Waals surface area contributed by atoms with E-state index in [9.17, 15) is 0 Å². The lowest BCUT2D eigenvalue weighted by atomic mass is 10.2. The van der Waals surface area contributed by atoms with Crippen LogP contribution >= 0.6 is 0 Å². The van der Waals surface area contributed by atoms with Gasteiger partial charge in [-0.3, -0.25) is 4.40 Å². The van der Waals surface area contributed by atoms with Crippen LogP contribution in [0.4, 0.5) is 5.82 Å². The van der Waals surface area contributed by atoms with Gasteiger partial charge in [0, 0.05) is 31.5 Å². The number of pyridine rings is 1. The average molecular weight is 244 g/mol. The van der Waals surface area contributed by atoms with Crippen LogP contribution in [0.25, 0.3) is 5.65 Å². The quantitative estimate of drug-likeness (QED) is 0.891. The Hall–Kier alpha value is -1.55. The van der Waals surface area contributed by atoms with Crippen molar-refractivity contribution < 1.29 is 0 Å². The summed E-state index contributed by atoms with van der Waals surface area (Å²) >= 11 is 0. The van der Waals surface area contributed by atoms with Gasteiger partial charge in [-0.2, -0.15) is 0 Å². The Balaban J connectivity index is 2.00. The highest BCUT2D eigenvalue weighted by atomic mass is 15.3. The van der Waals surface area contributed by atoms with E-state index in [1.54, 1.807) is 0 Å². The Morgan fingerprint density at radius 3 is 3.22 bits per heavy atom. The van der Waals surface area contributed by atoms with Crippen LogP contribution in [0.5, 0.6) is 0 Å². The lowest BCUT2D eigenvalue weighted by Gasteiger charge is -2.30. The molecule has 1 saturated heterocycles. The van der Waals surface area contributed by atoms with E-state index in [1.165, 1.54) is 18.7 Å². The summed E-state index contributed by atoms with van der Waals surface area (Å²) in [5.74, 6) is 1.26. The first-order chi connectivity index (χ1) is 8.90. The van der Waals surface area contributed by atoms with Gasteiger partial charge in [-0.1, -0.05) is 13.0 Å². The molecule has 3 heterocycles. The van der Waals surface area contributed by atoms with Gasteiger partial charge in [0.15, 0.2) is 0 Å². The van der Waals surface area contributed by atoms with E-state index in [0.29, 0.717) is 6.04 Å². The zero-order valence-electron chi connectivity index (χ0n) is 10.8. The largest absolute Gasteiger partial charge is 0.353 e. The first kappa shape index (κ1) is 11.5. The van der Waals surface area contributed by atoms with E-state index in [-0.39, 0.29) is 0 Å². The van der Waals surface area contributed by atoms with Crippen molar-refractivity contribution in [1.82, 2.24) is 14.7 Å². The molecule has 0 radical (unpaired) electrons. The van der Waals surface area contributed by atoms with Crippen molar-refractivity contribution in [2.24, 2.45) is 0 Å². The zero-order valence-corrected chi connectivity index (χ0v) is 10.8. The van der Waals surface area contributed by atoms with Crippen LogP contribution in [-0.2, 0) is 0 Å². The monoisotopic (exact) mass is 244 g/mol. The minimum atomic E-state index is 0.609. The SMILES string of the molecule is CCCN(c1cccc2nccn12)C1CCNC1. The van der Waals surface area contributed by atoms with Crippen LogP contribution in [0, 0.1) is 0 Å². The van der Waals surface area contributed by atoms with E-state index in [2.05, 4.69) is 50.9 Å². The summed E-state index contributed by atoms with van der Waals surface area (Å²) in [5, 5.41) is 3.46. The third-order valence-electron chi connectivity index (χ3n) is 3.64. The molecule has 0 saturated carbocycles. The number of fused-ring (bicyclic) bond motifs is 1. The lowest BCUT2D eigenvalue weighted by molar-refractivity contribution is 0.615. The molecule has 4 nitrogen and oxygen atoms in total. The van der Waals surface area contributed by atoms with Crippen LogP contribution in [0.2, 0.25) is 0 Å². The van der Waals surface area contributed by atoms with Gasteiger partial charge in [-0.15, -0.1) is 0 Å². The van der Waals surface area contributed by atoms with E-state index in [0.717, 1.165) is 25.3 Å². The second-order valence-electron chi connectivity index (χ2n) is 4.88. The van der Waals surface area contributed by atoms with Crippen LogP contribution in [-0.4, -0.2) is 35.1 Å². The van der Waals surface area contributed by atoms with Crippen molar-refractivity contribution in [2.45, 2.75) is 25.8 Å². The molecule has 2 aromatic heterocycles. The van der Waals surface area contributed by atoms with Gasteiger partial charge >= 0.3 is 0 Å². The average Bonchev–Trinajstić information content (AvgIpc) is 3.06. The third-order valence-corrected chi connectivity index (χ3v) is 3.64. The topological polar surface area (TPSA) is 32.6 Å². The van der Waals surface area contributed by atoms with Crippen molar-refractivity contribution in [3.05, 3.63) is 30.6 Å². The highest BCUT2D eigenvalue weighted by Crippen LogP contribution is 2.21.